The Morgan fingerprint density at radius 2 is 1.88 bits per heavy atom. The fraction of sp³-hybridized carbons (Fsp3) is 0.200. The van der Waals surface area contributed by atoms with Crippen LogP contribution in [0.4, 0.5) is 0 Å². The van der Waals surface area contributed by atoms with Crippen molar-refractivity contribution in [2.45, 2.75) is 6.92 Å². The van der Waals surface area contributed by atoms with Crippen molar-refractivity contribution >= 4 is 11.9 Å². The highest BCUT2D eigenvalue weighted by Gasteiger charge is 2.05. The Balaban J connectivity index is 2.09. The highest BCUT2D eigenvalue weighted by Crippen LogP contribution is 2.28. The average molecular weight is 337 g/mol. The summed E-state index contributed by atoms with van der Waals surface area (Å²) >= 11 is 0. The van der Waals surface area contributed by atoms with Gasteiger partial charge in [0, 0.05) is 5.56 Å². The van der Waals surface area contributed by atoms with Crippen LogP contribution in [0.15, 0.2) is 48.5 Å². The summed E-state index contributed by atoms with van der Waals surface area (Å²) < 4.78 is 15.9. The third-order valence-electron chi connectivity index (χ3n) is 3.36. The van der Waals surface area contributed by atoms with Gasteiger partial charge in [0.05, 0.1) is 13.7 Å². The lowest BCUT2D eigenvalue weighted by Crippen LogP contribution is -1.97. The minimum absolute atomic E-state index is 0.0210. The van der Waals surface area contributed by atoms with Gasteiger partial charge < -0.3 is 14.2 Å². The number of methoxy groups -OCH3 is 1. The van der Waals surface area contributed by atoms with E-state index in [9.17, 15) is 4.79 Å². The van der Waals surface area contributed by atoms with Crippen LogP contribution in [0.2, 0.25) is 0 Å². The summed E-state index contributed by atoms with van der Waals surface area (Å²) in [5.74, 6) is 1.72. The van der Waals surface area contributed by atoms with Crippen molar-refractivity contribution in [1.82, 2.24) is 0 Å². The first-order valence-electron chi connectivity index (χ1n) is 7.81. The Morgan fingerprint density at radius 3 is 2.52 bits per heavy atom. The van der Waals surface area contributed by atoms with E-state index in [0.717, 1.165) is 5.56 Å². The van der Waals surface area contributed by atoms with Crippen molar-refractivity contribution < 1.29 is 19.0 Å². The Kier molecular flexibility index (Phi) is 6.61. The van der Waals surface area contributed by atoms with Crippen LogP contribution in [-0.2, 0) is 0 Å². The van der Waals surface area contributed by atoms with Crippen LogP contribution in [0, 0.1) is 11.3 Å². The molecule has 0 saturated carbocycles. The summed E-state index contributed by atoms with van der Waals surface area (Å²) in [6, 6.07) is 14.0. The first kappa shape index (κ1) is 18.1. The molecular weight excluding hydrogens is 318 g/mol. The molecule has 0 aliphatic carbocycles. The van der Waals surface area contributed by atoms with E-state index in [4.69, 9.17) is 19.5 Å². The number of benzene rings is 2. The quantitative estimate of drug-likeness (QED) is 0.540. The minimum atomic E-state index is -0.124. The monoisotopic (exact) mass is 337 g/mol. The van der Waals surface area contributed by atoms with Gasteiger partial charge in [0.2, 0.25) is 0 Å². The Hall–Kier alpha value is -3.26. The molecule has 5 heteroatoms. The SMILES string of the molecule is CCOc1cc(/C=C/C(=O)c2ccc(OCC#N)cc2)ccc1OC. The van der Waals surface area contributed by atoms with Gasteiger partial charge in [0.1, 0.15) is 11.8 Å². The van der Waals surface area contributed by atoms with Crippen LogP contribution in [0.3, 0.4) is 0 Å². The number of carbonyl (C=O) groups is 1. The van der Waals surface area contributed by atoms with Gasteiger partial charge in [0.25, 0.3) is 0 Å². The summed E-state index contributed by atoms with van der Waals surface area (Å²) in [5.41, 5.74) is 1.38. The molecule has 5 nitrogen and oxygen atoms in total. The second kappa shape index (κ2) is 9.14. The van der Waals surface area contributed by atoms with Crippen LogP contribution in [0.1, 0.15) is 22.8 Å². The molecule has 0 aliphatic rings. The molecule has 2 rings (SSSR count). The second-order valence-corrected chi connectivity index (χ2v) is 5.01. The highest BCUT2D eigenvalue weighted by molar-refractivity contribution is 6.06. The number of hydrogen-bond donors (Lipinski definition) is 0. The van der Waals surface area contributed by atoms with Gasteiger partial charge in [-0.3, -0.25) is 4.79 Å². The van der Waals surface area contributed by atoms with E-state index in [1.54, 1.807) is 43.5 Å². The molecule has 0 N–H and O–H groups in total. The standard InChI is InChI=1S/C20H19NO4/c1-3-24-20-14-15(5-11-19(20)23-2)4-10-18(22)16-6-8-17(9-7-16)25-13-12-21/h4-11,14H,3,13H2,1-2H3/b10-4+. The predicted octanol–water partition coefficient (Wildman–Crippen LogP) is 3.89. The lowest BCUT2D eigenvalue weighted by molar-refractivity contribution is 0.104. The number of carbonyl (C=O) groups excluding carboxylic acids is 1. The van der Waals surface area contributed by atoms with E-state index in [-0.39, 0.29) is 12.4 Å². The fourth-order valence-electron chi connectivity index (χ4n) is 2.16. The van der Waals surface area contributed by atoms with E-state index in [0.29, 0.717) is 29.4 Å². The molecule has 0 fully saturated rings. The lowest BCUT2D eigenvalue weighted by atomic mass is 10.1. The van der Waals surface area contributed by atoms with Crippen molar-refractivity contribution in [2.75, 3.05) is 20.3 Å². The molecule has 0 spiro atoms. The summed E-state index contributed by atoms with van der Waals surface area (Å²) in [7, 11) is 1.58. The van der Waals surface area contributed by atoms with Crippen LogP contribution >= 0.6 is 0 Å². The van der Waals surface area contributed by atoms with Gasteiger partial charge in [-0.25, -0.2) is 0 Å². The van der Waals surface area contributed by atoms with Gasteiger partial charge in [-0.05, 0) is 55.0 Å². The molecule has 0 saturated heterocycles. The largest absolute Gasteiger partial charge is 0.493 e. The van der Waals surface area contributed by atoms with Crippen molar-refractivity contribution in [1.29, 1.82) is 5.26 Å². The van der Waals surface area contributed by atoms with Crippen LogP contribution in [0.5, 0.6) is 17.2 Å². The number of ether oxygens (including phenoxy) is 3. The van der Waals surface area contributed by atoms with Crippen molar-refractivity contribution in [2.24, 2.45) is 0 Å². The van der Waals surface area contributed by atoms with Crippen LogP contribution in [0.25, 0.3) is 6.08 Å². The van der Waals surface area contributed by atoms with Crippen LogP contribution in [-0.4, -0.2) is 26.1 Å². The summed E-state index contributed by atoms with van der Waals surface area (Å²) in [6.07, 6.45) is 3.23. The molecule has 0 atom stereocenters. The lowest BCUT2D eigenvalue weighted by Gasteiger charge is -2.09. The third kappa shape index (κ3) is 5.11. The number of rotatable bonds is 8. The Bertz CT molecular complexity index is 788. The zero-order valence-corrected chi connectivity index (χ0v) is 14.2. The maximum atomic E-state index is 12.2. The molecule has 0 radical (unpaired) electrons. The third-order valence-corrected chi connectivity index (χ3v) is 3.36. The molecule has 0 aliphatic heterocycles. The molecular formula is C20H19NO4. The zero-order chi connectivity index (χ0) is 18.1. The van der Waals surface area contributed by atoms with E-state index < -0.39 is 0 Å². The fourth-order valence-corrected chi connectivity index (χ4v) is 2.16. The Morgan fingerprint density at radius 1 is 1.12 bits per heavy atom. The molecule has 0 amide bonds. The molecule has 25 heavy (non-hydrogen) atoms. The normalized spacial score (nSPS) is 10.3. The zero-order valence-electron chi connectivity index (χ0n) is 14.2. The second-order valence-electron chi connectivity index (χ2n) is 5.01. The molecule has 2 aromatic carbocycles. The van der Waals surface area contributed by atoms with Gasteiger partial charge in [-0.1, -0.05) is 12.1 Å². The Labute approximate surface area is 147 Å². The van der Waals surface area contributed by atoms with Gasteiger partial charge in [0.15, 0.2) is 23.9 Å². The van der Waals surface area contributed by atoms with Crippen molar-refractivity contribution in [3.05, 3.63) is 59.7 Å². The van der Waals surface area contributed by atoms with Crippen LogP contribution < -0.4 is 14.2 Å². The number of nitriles is 1. The number of nitrogens with zero attached hydrogens (tertiary/aromatic N) is 1. The van der Waals surface area contributed by atoms with E-state index in [1.165, 1.54) is 6.08 Å². The van der Waals surface area contributed by atoms with Crippen molar-refractivity contribution in [3.63, 3.8) is 0 Å². The summed E-state index contributed by atoms with van der Waals surface area (Å²) in [6.45, 7) is 2.41. The highest BCUT2D eigenvalue weighted by atomic mass is 16.5. The first-order valence-corrected chi connectivity index (χ1v) is 7.81. The number of hydrogen-bond acceptors (Lipinski definition) is 5. The van der Waals surface area contributed by atoms with Gasteiger partial charge in [-0.2, -0.15) is 5.26 Å². The van der Waals surface area contributed by atoms with Gasteiger partial charge >= 0.3 is 0 Å². The van der Waals surface area contributed by atoms with Crippen molar-refractivity contribution in [3.8, 4) is 23.3 Å². The summed E-state index contributed by atoms with van der Waals surface area (Å²) in [5, 5.41) is 8.48. The maximum Gasteiger partial charge on any atom is 0.185 e. The molecule has 128 valence electrons. The van der Waals surface area contributed by atoms with Gasteiger partial charge in [-0.15, -0.1) is 0 Å². The molecule has 0 aromatic heterocycles. The average Bonchev–Trinajstić information content (AvgIpc) is 2.65. The predicted molar refractivity (Wildman–Crippen MR) is 95.1 cm³/mol. The van der Waals surface area contributed by atoms with E-state index in [2.05, 4.69) is 0 Å². The summed E-state index contributed by atoms with van der Waals surface area (Å²) in [4.78, 5) is 12.2. The topological polar surface area (TPSA) is 68.5 Å². The van der Waals surface area contributed by atoms with E-state index in [1.807, 2.05) is 25.1 Å². The molecule has 0 unspecified atom stereocenters. The van der Waals surface area contributed by atoms with E-state index >= 15 is 0 Å². The smallest absolute Gasteiger partial charge is 0.185 e. The minimum Gasteiger partial charge on any atom is -0.493 e. The first-order chi connectivity index (χ1) is 12.2. The molecule has 0 bridgehead atoms. The molecule has 2 aromatic rings. The number of ketones is 1. The maximum absolute atomic E-state index is 12.2. The number of allylic oxidation sites excluding steroid dienone is 1. The molecule has 0 heterocycles.